The van der Waals surface area contributed by atoms with Crippen LogP contribution >= 0.6 is 23.1 Å². The summed E-state index contributed by atoms with van der Waals surface area (Å²) in [4.78, 5) is 33.1. The van der Waals surface area contributed by atoms with Gasteiger partial charge in [-0.1, -0.05) is 18.7 Å². The number of thiophene rings is 1. The Kier molecular flexibility index (Phi) is 6.02. The molecular formula is C21H27N5O2S2. The predicted octanol–water partition coefficient (Wildman–Crippen LogP) is 4.25. The average Bonchev–Trinajstić information content (AvgIpc) is 3.40. The van der Waals surface area contributed by atoms with E-state index in [9.17, 15) is 9.59 Å². The van der Waals surface area contributed by atoms with Crippen LogP contribution in [0.15, 0.2) is 22.2 Å². The molecule has 1 aliphatic rings. The van der Waals surface area contributed by atoms with Gasteiger partial charge < -0.3 is 5.32 Å². The summed E-state index contributed by atoms with van der Waals surface area (Å²) in [5.41, 5.74) is 1.23. The second-order valence-corrected chi connectivity index (χ2v) is 10.3. The number of carbonyl (C=O) groups excluding carboxylic acids is 1. The second kappa shape index (κ2) is 8.55. The van der Waals surface area contributed by atoms with Crippen LogP contribution in [0.1, 0.15) is 57.0 Å². The molecule has 30 heavy (non-hydrogen) atoms. The van der Waals surface area contributed by atoms with E-state index in [1.807, 2.05) is 27.7 Å². The van der Waals surface area contributed by atoms with E-state index in [1.165, 1.54) is 22.2 Å². The van der Waals surface area contributed by atoms with E-state index in [0.717, 1.165) is 35.9 Å². The van der Waals surface area contributed by atoms with Gasteiger partial charge in [-0.2, -0.15) is 5.10 Å². The third kappa shape index (κ3) is 3.80. The SMILES string of the molecule is CCCn1c(SC(C)C(=O)Nc2ccnn2C(C)C)nc2sc3c(c2c1=O)CCC3. The van der Waals surface area contributed by atoms with Crippen LogP contribution in [0.25, 0.3) is 10.2 Å². The van der Waals surface area contributed by atoms with Crippen LogP contribution in [0, 0.1) is 0 Å². The van der Waals surface area contributed by atoms with E-state index in [2.05, 4.69) is 10.4 Å². The Morgan fingerprint density at radius 2 is 2.13 bits per heavy atom. The van der Waals surface area contributed by atoms with Crippen molar-refractivity contribution in [2.75, 3.05) is 5.32 Å². The smallest absolute Gasteiger partial charge is 0.263 e. The van der Waals surface area contributed by atoms with Crippen molar-refractivity contribution in [1.29, 1.82) is 0 Å². The summed E-state index contributed by atoms with van der Waals surface area (Å²) in [5, 5.41) is 8.23. The molecule has 0 fully saturated rings. The lowest BCUT2D eigenvalue weighted by atomic mass is 10.2. The molecule has 160 valence electrons. The van der Waals surface area contributed by atoms with Gasteiger partial charge in [-0.05, 0) is 52.0 Å². The molecule has 3 aromatic heterocycles. The maximum absolute atomic E-state index is 13.3. The van der Waals surface area contributed by atoms with Crippen LogP contribution in [0.3, 0.4) is 0 Å². The first kappa shape index (κ1) is 21.1. The molecular weight excluding hydrogens is 418 g/mol. The normalized spacial score (nSPS) is 14.4. The fraction of sp³-hybridized carbons (Fsp3) is 0.524. The predicted molar refractivity (Wildman–Crippen MR) is 123 cm³/mol. The molecule has 0 bridgehead atoms. The highest BCUT2D eigenvalue weighted by molar-refractivity contribution is 8.00. The summed E-state index contributed by atoms with van der Waals surface area (Å²) in [6.07, 6.45) is 5.63. The molecule has 4 rings (SSSR count). The zero-order valence-corrected chi connectivity index (χ0v) is 19.4. The van der Waals surface area contributed by atoms with Crippen LogP contribution < -0.4 is 10.9 Å². The van der Waals surface area contributed by atoms with Gasteiger partial charge in [0.25, 0.3) is 5.56 Å². The number of amides is 1. The second-order valence-electron chi connectivity index (χ2n) is 7.89. The molecule has 0 saturated carbocycles. The molecule has 1 N–H and O–H groups in total. The summed E-state index contributed by atoms with van der Waals surface area (Å²) in [6.45, 7) is 8.52. The Bertz CT molecular complexity index is 1140. The van der Waals surface area contributed by atoms with Crippen molar-refractivity contribution < 1.29 is 4.79 Å². The van der Waals surface area contributed by atoms with E-state index in [1.54, 1.807) is 32.8 Å². The van der Waals surface area contributed by atoms with Crippen LogP contribution in [-0.2, 0) is 24.2 Å². The zero-order valence-electron chi connectivity index (χ0n) is 17.8. The lowest BCUT2D eigenvalue weighted by molar-refractivity contribution is -0.115. The molecule has 0 radical (unpaired) electrons. The Morgan fingerprint density at radius 1 is 1.33 bits per heavy atom. The molecule has 3 heterocycles. The number of hydrogen-bond donors (Lipinski definition) is 1. The lowest BCUT2D eigenvalue weighted by Gasteiger charge is -2.16. The van der Waals surface area contributed by atoms with E-state index in [4.69, 9.17) is 4.98 Å². The average molecular weight is 446 g/mol. The minimum absolute atomic E-state index is 0.0363. The maximum atomic E-state index is 13.3. The quantitative estimate of drug-likeness (QED) is 0.434. The van der Waals surface area contributed by atoms with Gasteiger partial charge in [-0.15, -0.1) is 11.3 Å². The van der Waals surface area contributed by atoms with Crippen molar-refractivity contribution in [1.82, 2.24) is 19.3 Å². The topological polar surface area (TPSA) is 81.8 Å². The first-order valence-electron chi connectivity index (χ1n) is 10.5. The minimum Gasteiger partial charge on any atom is -0.310 e. The highest BCUT2D eigenvalue weighted by Crippen LogP contribution is 2.36. The first-order chi connectivity index (χ1) is 14.4. The molecule has 1 atom stereocenters. The fourth-order valence-corrected chi connectivity index (χ4v) is 6.07. The lowest BCUT2D eigenvalue weighted by Crippen LogP contribution is -2.27. The number of nitrogens with zero attached hydrogens (tertiary/aromatic N) is 4. The van der Waals surface area contributed by atoms with Gasteiger partial charge in [0.15, 0.2) is 5.16 Å². The molecule has 1 aliphatic carbocycles. The van der Waals surface area contributed by atoms with E-state index in [-0.39, 0.29) is 17.5 Å². The Hall–Kier alpha value is -2.13. The molecule has 3 aromatic rings. The number of aromatic nitrogens is 4. The molecule has 0 aromatic carbocycles. The van der Waals surface area contributed by atoms with E-state index < -0.39 is 5.25 Å². The highest BCUT2D eigenvalue weighted by Gasteiger charge is 2.25. The van der Waals surface area contributed by atoms with Crippen molar-refractivity contribution in [2.45, 2.75) is 76.4 Å². The monoisotopic (exact) mass is 445 g/mol. The Morgan fingerprint density at radius 3 is 2.87 bits per heavy atom. The van der Waals surface area contributed by atoms with Gasteiger partial charge in [0.2, 0.25) is 5.91 Å². The van der Waals surface area contributed by atoms with E-state index >= 15 is 0 Å². The highest BCUT2D eigenvalue weighted by atomic mass is 32.2. The minimum atomic E-state index is -0.403. The van der Waals surface area contributed by atoms with Crippen LogP contribution in [-0.4, -0.2) is 30.5 Å². The standard InChI is InChI=1S/C21H27N5O2S2/c1-5-11-25-20(28)17-14-7-6-8-15(14)30-19(17)24-21(25)29-13(4)18(27)23-16-9-10-22-26(16)12(2)3/h9-10,12-13H,5-8,11H2,1-4H3,(H,23,27). The van der Waals surface area contributed by atoms with Crippen molar-refractivity contribution in [2.24, 2.45) is 0 Å². The molecule has 9 heteroatoms. The van der Waals surface area contributed by atoms with Crippen molar-refractivity contribution >= 4 is 45.0 Å². The van der Waals surface area contributed by atoms with Crippen molar-refractivity contribution in [3.8, 4) is 0 Å². The number of anilines is 1. The molecule has 7 nitrogen and oxygen atoms in total. The van der Waals surface area contributed by atoms with Gasteiger partial charge in [0.05, 0.1) is 16.8 Å². The summed E-state index contributed by atoms with van der Waals surface area (Å²) in [7, 11) is 0. The molecule has 0 spiro atoms. The molecule has 1 unspecified atom stereocenters. The van der Waals surface area contributed by atoms with Crippen molar-refractivity contribution in [3.05, 3.63) is 33.1 Å². The fourth-order valence-electron chi connectivity index (χ4n) is 3.83. The number of hydrogen-bond acceptors (Lipinski definition) is 6. The third-order valence-electron chi connectivity index (χ3n) is 5.30. The van der Waals surface area contributed by atoms with Gasteiger partial charge in [0.1, 0.15) is 10.6 Å². The van der Waals surface area contributed by atoms with Crippen LogP contribution in [0.2, 0.25) is 0 Å². The zero-order chi connectivity index (χ0) is 21.4. The number of aryl methyl sites for hydroxylation is 2. The van der Waals surface area contributed by atoms with Crippen LogP contribution in [0.4, 0.5) is 5.82 Å². The molecule has 0 aliphatic heterocycles. The van der Waals surface area contributed by atoms with Gasteiger partial charge in [-0.25, -0.2) is 9.67 Å². The number of fused-ring (bicyclic) bond motifs is 3. The maximum Gasteiger partial charge on any atom is 0.263 e. The Labute approximate surface area is 183 Å². The number of thioether (sulfide) groups is 1. The molecule has 0 saturated heterocycles. The van der Waals surface area contributed by atoms with E-state index in [0.29, 0.717) is 17.5 Å². The number of rotatable bonds is 7. The first-order valence-corrected chi connectivity index (χ1v) is 12.2. The van der Waals surface area contributed by atoms with Gasteiger partial charge in [-0.3, -0.25) is 14.2 Å². The Balaban J connectivity index is 1.62. The summed E-state index contributed by atoms with van der Waals surface area (Å²) < 4.78 is 3.53. The number of nitrogens with one attached hydrogen (secondary N) is 1. The molecule has 1 amide bonds. The third-order valence-corrected chi connectivity index (χ3v) is 7.57. The van der Waals surface area contributed by atoms with Crippen molar-refractivity contribution in [3.63, 3.8) is 0 Å². The summed E-state index contributed by atoms with van der Waals surface area (Å²) >= 11 is 2.98. The summed E-state index contributed by atoms with van der Waals surface area (Å²) in [5.74, 6) is 0.542. The van der Waals surface area contributed by atoms with Gasteiger partial charge in [0, 0.05) is 23.5 Å². The number of carbonyl (C=O) groups is 1. The van der Waals surface area contributed by atoms with Crippen LogP contribution in [0.5, 0.6) is 0 Å². The summed E-state index contributed by atoms with van der Waals surface area (Å²) in [6, 6.07) is 1.94. The van der Waals surface area contributed by atoms with Gasteiger partial charge >= 0.3 is 0 Å². The largest absolute Gasteiger partial charge is 0.310 e.